The zero-order valence-corrected chi connectivity index (χ0v) is 11.3. The molecule has 3 nitrogen and oxygen atoms in total. The summed E-state index contributed by atoms with van der Waals surface area (Å²) in [4.78, 5) is 0. The molecule has 1 saturated heterocycles. The lowest BCUT2D eigenvalue weighted by Crippen LogP contribution is -2.50. The first-order valence-electron chi connectivity index (χ1n) is 7.36. The van der Waals surface area contributed by atoms with Crippen LogP contribution in [0.25, 0.3) is 0 Å². The molecule has 0 radical (unpaired) electrons. The summed E-state index contributed by atoms with van der Waals surface area (Å²) in [5, 5.41) is 0. The van der Waals surface area contributed by atoms with Gasteiger partial charge in [-0.1, -0.05) is 26.2 Å². The van der Waals surface area contributed by atoms with Crippen LogP contribution < -0.4 is 11.3 Å². The number of hydrogen-bond acceptors (Lipinski definition) is 3. The zero-order chi connectivity index (χ0) is 12.3. The Labute approximate surface area is 105 Å². The molecule has 2 fully saturated rings. The summed E-state index contributed by atoms with van der Waals surface area (Å²) in [6, 6.07) is 0.370. The van der Waals surface area contributed by atoms with Gasteiger partial charge >= 0.3 is 0 Å². The maximum Gasteiger partial charge on any atom is 0.0748 e. The molecule has 0 aromatic rings. The van der Waals surface area contributed by atoms with Crippen molar-refractivity contribution in [1.82, 2.24) is 5.43 Å². The minimum atomic E-state index is 0.343. The Hall–Kier alpha value is -0.120. The van der Waals surface area contributed by atoms with Gasteiger partial charge in [-0.2, -0.15) is 0 Å². The highest BCUT2D eigenvalue weighted by Gasteiger charge is 2.36. The summed E-state index contributed by atoms with van der Waals surface area (Å²) in [6.45, 7) is 4.48. The van der Waals surface area contributed by atoms with Gasteiger partial charge in [-0.25, -0.2) is 0 Å². The van der Waals surface area contributed by atoms with Crippen molar-refractivity contribution in [3.8, 4) is 0 Å². The van der Waals surface area contributed by atoms with Gasteiger partial charge in [0, 0.05) is 0 Å². The van der Waals surface area contributed by atoms with E-state index >= 15 is 0 Å². The topological polar surface area (TPSA) is 47.3 Å². The molecular weight excluding hydrogens is 212 g/mol. The molecule has 1 aliphatic heterocycles. The molecule has 0 aromatic carbocycles. The Morgan fingerprint density at radius 1 is 1.29 bits per heavy atom. The van der Waals surface area contributed by atoms with E-state index in [9.17, 15) is 0 Å². The van der Waals surface area contributed by atoms with Gasteiger partial charge in [0.05, 0.1) is 18.2 Å². The third-order valence-electron chi connectivity index (χ3n) is 4.77. The fourth-order valence-electron chi connectivity index (χ4n) is 3.67. The van der Waals surface area contributed by atoms with Crippen LogP contribution in [-0.2, 0) is 4.74 Å². The molecule has 2 aliphatic rings. The van der Waals surface area contributed by atoms with E-state index in [2.05, 4.69) is 19.3 Å². The van der Waals surface area contributed by atoms with Gasteiger partial charge in [0.1, 0.15) is 0 Å². The minimum Gasteiger partial charge on any atom is -0.374 e. The van der Waals surface area contributed by atoms with E-state index in [1.54, 1.807) is 0 Å². The van der Waals surface area contributed by atoms with Crippen molar-refractivity contribution in [2.24, 2.45) is 17.7 Å². The molecule has 0 spiro atoms. The van der Waals surface area contributed by atoms with E-state index in [1.165, 1.54) is 44.9 Å². The average molecular weight is 240 g/mol. The predicted octanol–water partition coefficient (Wildman–Crippen LogP) is 2.60. The summed E-state index contributed by atoms with van der Waals surface area (Å²) in [7, 11) is 0. The molecule has 5 atom stereocenters. The SMILES string of the molecule is CCC1CCCC(C(NN)C2CCC(C)O2)C1. The summed E-state index contributed by atoms with van der Waals surface area (Å²) in [5.74, 6) is 7.41. The van der Waals surface area contributed by atoms with Crippen LogP contribution in [0.15, 0.2) is 0 Å². The lowest BCUT2D eigenvalue weighted by molar-refractivity contribution is 0.00810. The lowest BCUT2D eigenvalue weighted by atomic mass is 9.75. The van der Waals surface area contributed by atoms with Crippen LogP contribution in [-0.4, -0.2) is 18.2 Å². The quantitative estimate of drug-likeness (QED) is 0.586. The van der Waals surface area contributed by atoms with Crippen LogP contribution >= 0.6 is 0 Å². The average Bonchev–Trinajstić information content (AvgIpc) is 2.77. The number of hydrazine groups is 1. The second-order valence-corrected chi connectivity index (χ2v) is 5.96. The Balaban J connectivity index is 1.92. The molecule has 1 aliphatic carbocycles. The lowest BCUT2D eigenvalue weighted by Gasteiger charge is -2.36. The first-order chi connectivity index (χ1) is 8.24. The number of hydrogen-bond donors (Lipinski definition) is 2. The highest BCUT2D eigenvalue weighted by molar-refractivity contribution is 4.89. The molecule has 0 bridgehead atoms. The standard InChI is InChI=1S/C14H28N2O/c1-3-11-5-4-6-12(9-11)14(16-15)13-8-7-10(2)17-13/h10-14,16H,3-9,15H2,1-2H3. The number of rotatable bonds is 4. The number of ether oxygens (including phenoxy) is 1. The Morgan fingerprint density at radius 2 is 2.12 bits per heavy atom. The number of nitrogens with one attached hydrogen (secondary N) is 1. The van der Waals surface area contributed by atoms with Crippen molar-refractivity contribution in [3.63, 3.8) is 0 Å². The van der Waals surface area contributed by atoms with Crippen LogP contribution in [0.5, 0.6) is 0 Å². The largest absolute Gasteiger partial charge is 0.374 e. The third kappa shape index (κ3) is 3.21. The van der Waals surface area contributed by atoms with E-state index in [0.29, 0.717) is 24.2 Å². The molecule has 5 unspecified atom stereocenters. The zero-order valence-electron chi connectivity index (χ0n) is 11.3. The van der Waals surface area contributed by atoms with Crippen LogP contribution in [0.4, 0.5) is 0 Å². The minimum absolute atomic E-state index is 0.343. The van der Waals surface area contributed by atoms with Crippen LogP contribution in [0.1, 0.15) is 58.8 Å². The monoisotopic (exact) mass is 240 g/mol. The molecule has 2 rings (SSSR count). The molecule has 1 saturated carbocycles. The Bertz CT molecular complexity index is 234. The predicted molar refractivity (Wildman–Crippen MR) is 70.4 cm³/mol. The van der Waals surface area contributed by atoms with E-state index in [-0.39, 0.29) is 0 Å². The van der Waals surface area contributed by atoms with Gasteiger partial charge in [0.2, 0.25) is 0 Å². The third-order valence-corrected chi connectivity index (χ3v) is 4.77. The van der Waals surface area contributed by atoms with E-state index in [4.69, 9.17) is 10.6 Å². The van der Waals surface area contributed by atoms with Gasteiger partial charge in [-0.15, -0.1) is 0 Å². The first-order valence-corrected chi connectivity index (χ1v) is 7.36. The molecule has 3 N–H and O–H groups in total. The molecule has 3 heteroatoms. The van der Waals surface area contributed by atoms with E-state index in [0.717, 1.165) is 5.92 Å². The van der Waals surface area contributed by atoms with Crippen molar-refractivity contribution in [2.45, 2.75) is 77.0 Å². The smallest absolute Gasteiger partial charge is 0.0748 e. The van der Waals surface area contributed by atoms with Gasteiger partial charge in [-0.3, -0.25) is 11.3 Å². The van der Waals surface area contributed by atoms with Crippen LogP contribution in [0.3, 0.4) is 0 Å². The molecule has 1 heterocycles. The highest BCUT2D eigenvalue weighted by atomic mass is 16.5. The molecule has 0 amide bonds. The summed E-state index contributed by atoms with van der Waals surface area (Å²) in [6.07, 6.45) is 9.86. The molecule has 100 valence electrons. The normalized spacial score (nSPS) is 40.4. The Kier molecular flexibility index (Phi) is 4.83. The van der Waals surface area contributed by atoms with Crippen molar-refractivity contribution >= 4 is 0 Å². The van der Waals surface area contributed by atoms with Gasteiger partial charge < -0.3 is 4.74 Å². The van der Waals surface area contributed by atoms with Gasteiger partial charge in [0.15, 0.2) is 0 Å². The van der Waals surface area contributed by atoms with Crippen molar-refractivity contribution in [3.05, 3.63) is 0 Å². The number of nitrogens with two attached hydrogens (primary N) is 1. The second kappa shape index (κ2) is 6.17. The maximum absolute atomic E-state index is 5.99. The highest BCUT2D eigenvalue weighted by Crippen LogP contribution is 2.36. The summed E-state index contributed by atoms with van der Waals surface area (Å²) < 4.78 is 5.99. The molecule has 0 aromatic heterocycles. The first kappa shape index (κ1) is 13.3. The van der Waals surface area contributed by atoms with Gasteiger partial charge in [0.25, 0.3) is 0 Å². The van der Waals surface area contributed by atoms with Gasteiger partial charge in [-0.05, 0) is 44.4 Å². The van der Waals surface area contributed by atoms with Crippen molar-refractivity contribution in [2.75, 3.05) is 0 Å². The van der Waals surface area contributed by atoms with E-state index < -0.39 is 0 Å². The summed E-state index contributed by atoms with van der Waals surface area (Å²) >= 11 is 0. The molecular formula is C14H28N2O. The molecule has 17 heavy (non-hydrogen) atoms. The second-order valence-electron chi connectivity index (χ2n) is 5.96. The fourth-order valence-corrected chi connectivity index (χ4v) is 3.67. The fraction of sp³-hybridized carbons (Fsp3) is 1.00. The van der Waals surface area contributed by atoms with Crippen LogP contribution in [0.2, 0.25) is 0 Å². The van der Waals surface area contributed by atoms with E-state index in [1.807, 2.05) is 0 Å². The van der Waals surface area contributed by atoms with Crippen molar-refractivity contribution < 1.29 is 4.74 Å². The summed E-state index contributed by atoms with van der Waals surface area (Å²) in [5.41, 5.74) is 3.05. The van der Waals surface area contributed by atoms with Crippen LogP contribution in [0, 0.1) is 11.8 Å². The Morgan fingerprint density at radius 3 is 2.71 bits per heavy atom. The maximum atomic E-state index is 5.99. The van der Waals surface area contributed by atoms with Crippen molar-refractivity contribution in [1.29, 1.82) is 0 Å².